The number of nitrogens with zero attached hydrogens (tertiary/aromatic N) is 1. The second kappa shape index (κ2) is 4.18. The molecule has 0 aromatic rings. The van der Waals surface area contributed by atoms with E-state index in [1.807, 2.05) is 13.8 Å². The molecular formula is C10H19N3O2. The summed E-state index contributed by atoms with van der Waals surface area (Å²) in [7, 11) is 0. The molecule has 0 aromatic heterocycles. The first-order valence-electron chi connectivity index (χ1n) is 5.13. The van der Waals surface area contributed by atoms with Gasteiger partial charge in [-0.1, -0.05) is 13.8 Å². The van der Waals surface area contributed by atoms with Crippen molar-refractivity contribution >= 4 is 11.8 Å². The van der Waals surface area contributed by atoms with Crippen molar-refractivity contribution in [1.82, 2.24) is 4.90 Å². The highest BCUT2D eigenvalue weighted by Gasteiger charge is 2.35. The van der Waals surface area contributed by atoms with Gasteiger partial charge in [0, 0.05) is 19.5 Å². The lowest BCUT2D eigenvalue weighted by molar-refractivity contribution is -0.129. The molecule has 0 bridgehead atoms. The molecule has 5 heteroatoms. The maximum absolute atomic E-state index is 11.6. The van der Waals surface area contributed by atoms with Gasteiger partial charge in [0.15, 0.2) is 0 Å². The van der Waals surface area contributed by atoms with Crippen LogP contribution in [0.1, 0.15) is 20.3 Å². The van der Waals surface area contributed by atoms with Crippen molar-refractivity contribution in [2.45, 2.75) is 20.3 Å². The van der Waals surface area contributed by atoms with Crippen LogP contribution in [0.2, 0.25) is 0 Å². The first kappa shape index (κ1) is 12.0. The largest absolute Gasteiger partial charge is 0.369 e. The summed E-state index contributed by atoms with van der Waals surface area (Å²) in [6.45, 7) is 5.54. The molecule has 2 amide bonds. The molecule has 0 spiro atoms. The molecule has 0 aliphatic carbocycles. The first-order chi connectivity index (χ1) is 6.85. The van der Waals surface area contributed by atoms with E-state index < -0.39 is 5.91 Å². The lowest BCUT2D eigenvalue weighted by Crippen LogP contribution is -2.40. The summed E-state index contributed by atoms with van der Waals surface area (Å²) in [6, 6.07) is 0. The van der Waals surface area contributed by atoms with Gasteiger partial charge in [-0.25, -0.2) is 0 Å². The van der Waals surface area contributed by atoms with E-state index in [1.165, 1.54) is 0 Å². The Bertz CT molecular complexity index is 276. The Kier molecular flexibility index (Phi) is 3.34. The molecule has 0 saturated carbocycles. The van der Waals surface area contributed by atoms with Crippen LogP contribution in [0.15, 0.2) is 0 Å². The van der Waals surface area contributed by atoms with Crippen molar-refractivity contribution in [3.05, 3.63) is 0 Å². The molecule has 0 radical (unpaired) electrons. The highest BCUT2D eigenvalue weighted by atomic mass is 16.2. The zero-order chi connectivity index (χ0) is 11.6. The van der Waals surface area contributed by atoms with Crippen LogP contribution < -0.4 is 11.5 Å². The Hall–Kier alpha value is -1.10. The van der Waals surface area contributed by atoms with Gasteiger partial charge in [-0.3, -0.25) is 9.59 Å². The Morgan fingerprint density at radius 2 is 2.20 bits per heavy atom. The van der Waals surface area contributed by atoms with E-state index in [1.54, 1.807) is 4.90 Å². The van der Waals surface area contributed by atoms with Gasteiger partial charge in [-0.05, 0) is 12.0 Å². The molecule has 1 rings (SSSR count). The van der Waals surface area contributed by atoms with Gasteiger partial charge in [0.1, 0.15) is 0 Å². The monoisotopic (exact) mass is 213 g/mol. The highest BCUT2D eigenvalue weighted by Crippen LogP contribution is 2.22. The third-order valence-corrected chi connectivity index (χ3v) is 2.79. The van der Waals surface area contributed by atoms with Crippen molar-refractivity contribution in [2.24, 2.45) is 22.8 Å². The summed E-state index contributed by atoms with van der Waals surface area (Å²) in [6.07, 6.45) is 0.246. The van der Waals surface area contributed by atoms with Crippen molar-refractivity contribution in [3.8, 4) is 0 Å². The van der Waals surface area contributed by atoms with Gasteiger partial charge in [-0.15, -0.1) is 0 Å². The standard InChI is InChI=1S/C10H19N3O2/c1-10(2,5-11)6-13-4-7(9(12)15)3-8(13)14/h7H,3-6,11H2,1-2H3,(H2,12,15). The van der Waals surface area contributed by atoms with Crippen LogP contribution >= 0.6 is 0 Å². The van der Waals surface area contributed by atoms with Gasteiger partial charge in [0.25, 0.3) is 0 Å². The fourth-order valence-electron chi connectivity index (χ4n) is 1.70. The van der Waals surface area contributed by atoms with Crippen molar-refractivity contribution in [2.75, 3.05) is 19.6 Å². The van der Waals surface area contributed by atoms with Crippen LogP contribution in [0.25, 0.3) is 0 Å². The molecule has 4 N–H and O–H groups in total. The summed E-state index contributed by atoms with van der Waals surface area (Å²) in [5, 5.41) is 0. The summed E-state index contributed by atoms with van der Waals surface area (Å²) >= 11 is 0. The predicted octanol–water partition coefficient (Wildman–Crippen LogP) is -0.695. The molecule has 1 aliphatic heterocycles. The van der Waals surface area contributed by atoms with E-state index in [2.05, 4.69) is 0 Å². The molecule has 0 aromatic carbocycles. The fraction of sp³-hybridized carbons (Fsp3) is 0.800. The zero-order valence-corrected chi connectivity index (χ0v) is 9.32. The summed E-state index contributed by atoms with van der Waals surface area (Å²) < 4.78 is 0. The van der Waals surface area contributed by atoms with Crippen LogP contribution in [0, 0.1) is 11.3 Å². The SMILES string of the molecule is CC(C)(CN)CN1CC(C(N)=O)CC1=O. The molecule has 1 fully saturated rings. The Balaban J connectivity index is 2.58. The van der Waals surface area contributed by atoms with Crippen LogP contribution in [0.3, 0.4) is 0 Å². The number of nitrogens with two attached hydrogens (primary N) is 2. The Morgan fingerprint density at radius 3 is 2.60 bits per heavy atom. The molecule has 15 heavy (non-hydrogen) atoms. The van der Waals surface area contributed by atoms with Crippen LogP contribution in [-0.2, 0) is 9.59 Å². The number of carbonyl (C=O) groups is 2. The predicted molar refractivity (Wildman–Crippen MR) is 56.7 cm³/mol. The number of carbonyl (C=O) groups excluding carboxylic acids is 2. The number of rotatable bonds is 4. The van der Waals surface area contributed by atoms with Crippen LogP contribution in [0.4, 0.5) is 0 Å². The molecule has 1 atom stereocenters. The van der Waals surface area contributed by atoms with E-state index >= 15 is 0 Å². The smallest absolute Gasteiger partial charge is 0.223 e. The second-order valence-electron chi connectivity index (χ2n) is 4.95. The number of amides is 2. The lowest BCUT2D eigenvalue weighted by Gasteiger charge is -2.28. The second-order valence-corrected chi connectivity index (χ2v) is 4.95. The molecule has 1 heterocycles. The van der Waals surface area contributed by atoms with E-state index in [0.29, 0.717) is 19.6 Å². The molecule has 5 nitrogen and oxygen atoms in total. The Labute approximate surface area is 89.8 Å². The lowest BCUT2D eigenvalue weighted by atomic mass is 9.93. The van der Waals surface area contributed by atoms with Crippen molar-refractivity contribution < 1.29 is 9.59 Å². The summed E-state index contributed by atoms with van der Waals surface area (Å²) in [5.41, 5.74) is 10.7. The maximum Gasteiger partial charge on any atom is 0.223 e. The molecule has 1 aliphatic rings. The summed E-state index contributed by atoms with van der Waals surface area (Å²) in [4.78, 5) is 24.2. The molecule has 1 unspecified atom stereocenters. The minimum Gasteiger partial charge on any atom is -0.369 e. The van der Waals surface area contributed by atoms with E-state index in [9.17, 15) is 9.59 Å². The van der Waals surface area contributed by atoms with Crippen LogP contribution in [-0.4, -0.2) is 36.3 Å². The van der Waals surface area contributed by atoms with E-state index in [4.69, 9.17) is 11.5 Å². The third-order valence-electron chi connectivity index (χ3n) is 2.79. The quantitative estimate of drug-likeness (QED) is 0.647. The van der Waals surface area contributed by atoms with Gasteiger partial charge in [-0.2, -0.15) is 0 Å². The van der Waals surface area contributed by atoms with E-state index in [-0.39, 0.29) is 23.7 Å². The number of hydrogen-bond acceptors (Lipinski definition) is 3. The van der Waals surface area contributed by atoms with Gasteiger partial charge in [0.2, 0.25) is 11.8 Å². The van der Waals surface area contributed by atoms with Crippen LogP contribution in [0.5, 0.6) is 0 Å². The number of likely N-dealkylation sites (tertiary alicyclic amines) is 1. The minimum absolute atomic E-state index is 0.000301. The molecule has 1 saturated heterocycles. The fourth-order valence-corrected chi connectivity index (χ4v) is 1.70. The van der Waals surface area contributed by atoms with Gasteiger partial charge >= 0.3 is 0 Å². The normalized spacial score (nSPS) is 22.2. The first-order valence-corrected chi connectivity index (χ1v) is 5.13. The summed E-state index contributed by atoms with van der Waals surface area (Å²) in [5.74, 6) is -0.720. The van der Waals surface area contributed by atoms with E-state index in [0.717, 1.165) is 0 Å². The minimum atomic E-state index is -0.392. The van der Waals surface area contributed by atoms with Gasteiger partial charge < -0.3 is 16.4 Å². The van der Waals surface area contributed by atoms with Gasteiger partial charge in [0.05, 0.1) is 5.92 Å². The average Bonchev–Trinajstić information content (AvgIpc) is 2.47. The molecule has 86 valence electrons. The number of hydrogen-bond donors (Lipinski definition) is 2. The topological polar surface area (TPSA) is 89.4 Å². The average molecular weight is 213 g/mol. The third kappa shape index (κ3) is 2.92. The number of primary amides is 1. The zero-order valence-electron chi connectivity index (χ0n) is 9.32. The Morgan fingerprint density at radius 1 is 1.60 bits per heavy atom. The highest BCUT2D eigenvalue weighted by molar-refractivity contribution is 5.88. The van der Waals surface area contributed by atoms with Crippen molar-refractivity contribution in [3.63, 3.8) is 0 Å². The maximum atomic E-state index is 11.6. The molecular weight excluding hydrogens is 194 g/mol. The van der Waals surface area contributed by atoms with Crippen molar-refractivity contribution in [1.29, 1.82) is 0 Å².